The standard InChI is InChI=1S/C10H15N3OS/c1-6(7-3-4-7)13(2)9(14)8-5-15-10(11)12-8/h5-7H,3-4H2,1-2H3,(H2,11,12). The normalized spacial score (nSPS) is 17.5. The van der Waals surface area contributed by atoms with Gasteiger partial charge in [0.1, 0.15) is 5.69 Å². The number of aromatic nitrogens is 1. The molecule has 1 atom stereocenters. The van der Waals surface area contributed by atoms with Gasteiger partial charge in [0.15, 0.2) is 5.13 Å². The van der Waals surface area contributed by atoms with Gasteiger partial charge in [-0.3, -0.25) is 4.79 Å². The third kappa shape index (κ3) is 2.12. The van der Waals surface area contributed by atoms with Gasteiger partial charge >= 0.3 is 0 Å². The number of rotatable bonds is 3. The fourth-order valence-electron chi connectivity index (χ4n) is 1.65. The van der Waals surface area contributed by atoms with E-state index >= 15 is 0 Å². The van der Waals surface area contributed by atoms with Gasteiger partial charge in [0.2, 0.25) is 0 Å². The summed E-state index contributed by atoms with van der Waals surface area (Å²) >= 11 is 1.31. The molecule has 0 bridgehead atoms. The molecule has 1 unspecified atom stereocenters. The number of hydrogen-bond acceptors (Lipinski definition) is 4. The van der Waals surface area contributed by atoms with Gasteiger partial charge in [-0.25, -0.2) is 4.98 Å². The summed E-state index contributed by atoms with van der Waals surface area (Å²) in [5.41, 5.74) is 5.97. The summed E-state index contributed by atoms with van der Waals surface area (Å²) in [6, 6.07) is 0.306. The van der Waals surface area contributed by atoms with Crippen molar-refractivity contribution in [1.29, 1.82) is 0 Å². The van der Waals surface area contributed by atoms with Crippen molar-refractivity contribution in [3.05, 3.63) is 11.1 Å². The van der Waals surface area contributed by atoms with Gasteiger partial charge < -0.3 is 10.6 Å². The van der Waals surface area contributed by atoms with E-state index in [4.69, 9.17) is 5.73 Å². The Kier molecular flexibility index (Phi) is 2.65. The van der Waals surface area contributed by atoms with Crippen LogP contribution >= 0.6 is 11.3 Å². The minimum Gasteiger partial charge on any atom is -0.375 e. The van der Waals surface area contributed by atoms with E-state index in [-0.39, 0.29) is 5.91 Å². The van der Waals surface area contributed by atoms with E-state index in [2.05, 4.69) is 11.9 Å². The number of thiazole rings is 1. The zero-order valence-electron chi connectivity index (χ0n) is 8.93. The van der Waals surface area contributed by atoms with E-state index in [0.29, 0.717) is 22.8 Å². The van der Waals surface area contributed by atoms with Crippen LogP contribution in [0.1, 0.15) is 30.3 Å². The van der Waals surface area contributed by atoms with Crippen molar-refractivity contribution in [3.8, 4) is 0 Å². The maximum absolute atomic E-state index is 11.9. The first-order chi connectivity index (χ1) is 7.09. The molecule has 1 fully saturated rings. The van der Waals surface area contributed by atoms with E-state index in [1.807, 2.05) is 7.05 Å². The first-order valence-corrected chi connectivity index (χ1v) is 5.95. The van der Waals surface area contributed by atoms with Crippen molar-refractivity contribution in [1.82, 2.24) is 9.88 Å². The molecule has 2 N–H and O–H groups in total. The van der Waals surface area contributed by atoms with Crippen molar-refractivity contribution in [2.75, 3.05) is 12.8 Å². The second-order valence-corrected chi connectivity index (χ2v) is 4.95. The molecule has 15 heavy (non-hydrogen) atoms. The lowest BCUT2D eigenvalue weighted by Gasteiger charge is -2.23. The van der Waals surface area contributed by atoms with Gasteiger partial charge in [-0.05, 0) is 25.7 Å². The quantitative estimate of drug-likeness (QED) is 0.850. The minimum absolute atomic E-state index is 0.0256. The highest BCUT2D eigenvalue weighted by molar-refractivity contribution is 7.13. The number of carbonyl (C=O) groups is 1. The van der Waals surface area contributed by atoms with Crippen molar-refractivity contribution in [2.45, 2.75) is 25.8 Å². The number of carbonyl (C=O) groups excluding carboxylic acids is 1. The Labute approximate surface area is 93.1 Å². The Morgan fingerprint density at radius 1 is 1.73 bits per heavy atom. The van der Waals surface area contributed by atoms with Gasteiger partial charge in [0.25, 0.3) is 5.91 Å². The van der Waals surface area contributed by atoms with Gasteiger partial charge in [-0.1, -0.05) is 0 Å². The lowest BCUT2D eigenvalue weighted by Crippen LogP contribution is -2.36. The highest BCUT2D eigenvalue weighted by atomic mass is 32.1. The summed E-state index contributed by atoms with van der Waals surface area (Å²) in [5, 5.41) is 2.17. The number of hydrogen-bond donors (Lipinski definition) is 1. The summed E-state index contributed by atoms with van der Waals surface area (Å²) in [4.78, 5) is 17.7. The summed E-state index contributed by atoms with van der Waals surface area (Å²) in [7, 11) is 1.83. The summed E-state index contributed by atoms with van der Waals surface area (Å²) < 4.78 is 0. The molecular formula is C10H15N3OS. The van der Waals surface area contributed by atoms with Crippen molar-refractivity contribution < 1.29 is 4.79 Å². The third-order valence-corrected chi connectivity index (χ3v) is 3.65. The molecule has 0 saturated heterocycles. The number of anilines is 1. The fraction of sp³-hybridized carbons (Fsp3) is 0.600. The average Bonchev–Trinajstić information content (AvgIpc) is 2.98. The molecule has 1 aromatic rings. The van der Waals surface area contributed by atoms with Crippen LogP contribution in [0.4, 0.5) is 5.13 Å². The first-order valence-electron chi connectivity index (χ1n) is 5.07. The van der Waals surface area contributed by atoms with Crippen LogP contribution in [0.25, 0.3) is 0 Å². The average molecular weight is 225 g/mol. The summed E-state index contributed by atoms with van der Waals surface area (Å²) in [6.07, 6.45) is 2.47. The topological polar surface area (TPSA) is 59.2 Å². The van der Waals surface area contributed by atoms with Gasteiger partial charge in [0.05, 0.1) is 0 Å². The van der Waals surface area contributed by atoms with Crippen LogP contribution in [0.5, 0.6) is 0 Å². The van der Waals surface area contributed by atoms with E-state index in [0.717, 1.165) is 0 Å². The fourth-order valence-corrected chi connectivity index (χ4v) is 2.18. The Bertz CT molecular complexity index is 372. The molecule has 0 aliphatic heterocycles. The zero-order chi connectivity index (χ0) is 11.0. The van der Waals surface area contributed by atoms with Crippen LogP contribution in [0.2, 0.25) is 0 Å². The second kappa shape index (κ2) is 3.81. The Morgan fingerprint density at radius 3 is 2.87 bits per heavy atom. The van der Waals surface area contributed by atoms with Crippen LogP contribution in [0, 0.1) is 5.92 Å². The molecule has 0 radical (unpaired) electrons. The first kappa shape index (κ1) is 10.4. The highest BCUT2D eigenvalue weighted by Gasteiger charge is 2.33. The van der Waals surface area contributed by atoms with E-state index in [9.17, 15) is 4.79 Å². The van der Waals surface area contributed by atoms with Crippen LogP contribution < -0.4 is 5.73 Å². The SMILES string of the molecule is CC(C1CC1)N(C)C(=O)c1csc(N)n1. The molecule has 4 nitrogen and oxygen atoms in total. The molecule has 1 heterocycles. The van der Waals surface area contributed by atoms with E-state index < -0.39 is 0 Å². The third-order valence-electron chi connectivity index (χ3n) is 2.98. The lowest BCUT2D eigenvalue weighted by atomic mass is 10.2. The highest BCUT2D eigenvalue weighted by Crippen LogP contribution is 2.35. The molecule has 5 heteroatoms. The van der Waals surface area contributed by atoms with Crippen molar-refractivity contribution in [2.24, 2.45) is 5.92 Å². The maximum Gasteiger partial charge on any atom is 0.273 e. The largest absolute Gasteiger partial charge is 0.375 e. The molecule has 2 rings (SSSR count). The number of amides is 1. The number of nitrogens with zero attached hydrogens (tertiary/aromatic N) is 2. The van der Waals surface area contributed by atoms with Gasteiger partial charge in [0, 0.05) is 18.5 Å². The Balaban J connectivity index is 2.06. The predicted molar refractivity (Wildman–Crippen MR) is 60.8 cm³/mol. The predicted octanol–water partition coefficient (Wildman–Crippen LogP) is 1.60. The smallest absolute Gasteiger partial charge is 0.273 e. The minimum atomic E-state index is -0.0256. The zero-order valence-corrected chi connectivity index (χ0v) is 9.75. The Morgan fingerprint density at radius 2 is 2.40 bits per heavy atom. The Hall–Kier alpha value is -1.10. The van der Waals surface area contributed by atoms with Gasteiger partial charge in [-0.15, -0.1) is 11.3 Å². The molecular weight excluding hydrogens is 210 g/mol. The molecule has 0 spiro atoms. The lowest BCUT2D eigenvalue weighted by molar-refractivity contribution is 0.0722. The summed E-state index contributed by atoms with van der Waals surface area (Å²) in [6.45, 7) is 2.09. The maximum atomic E-state index is 11.9. The summed E-state index contributed by atoms with van der Waals surface area (Å²) in [5.74, 6) is 0.650. The molecule has 1 aliphatic carbocycles. The molecule has 1 amide bonds. The molecule has 1 aromatic heterocycles. The molecule has 0 aromatic carbocycles. The van der Waals surface area contributed by atoms with Crippen LogP contribution in [-0.2, 0) is 0 Å². The monoisotopic (exact) mass is 225 g/mol. The van der Waals surface area contributed by atoms with Crippen LogP contribution in [0.15, 0.2) is 5.38 Å². The van der Waals surface area contributed by atoms with Crippen LogP contribution in [-0.4, -0.2) is 28.9 Å². The van der Waals surface area contributed by atoms with E-state index in [1.165, 1.54) is 24.2 Å². The molecule has 1 aliphatic rings. The number of nitrogen functional groups attached to an aromatic ring is 1. The van der Waals surface area contributed by atoms with E-state index in [1.54, 1.807) is 10.3 Å². The van der Waals surface area contributed by atoms with Crippen molar-refractivity contribution >= 4 is 22.4 Å². The molecule has 1 saturated carbocycles. The number of nitrogens with two attached hydrogens (primary N) is 1. The van der Waals surface area contributed by atoms with Crippen LogP contribution in [0.3, 0.4) is 0 Å². The second-order valence-electron chi connectivity index (χ2n) is 4.07. The molecule has 82 valence electrons. The van der Waals surface area contributed by atoms with Crippen molar-refractivity contribution in [3.63, 3.8) is 0 Å². The van der Waals surface area contributed by atoms with Gasteiger partial charge in [-0.2, -0.15) is 0 Å².